The standard InChI is InChI=1S/C3H5BrN4/c4-8-2-1-3(5)6-7-8/h1-2,7H,(H2,5,6). The Bertz CT molecular complexity index is 140. The number of nitrogens with two attached hydrogens (primary N) is 1. The largest absolute Gasteiger partial charge is 0.382 e. The third kappa shape index (κ3) is 1.13. The van der Waals surface area contributed by atoms with Crippen LogP contribution in [0.1, 0.15) is 0 Å². The molecule has 1 aliphatic rings. The normalized spacial score (nSPS) is 17.6. The molecular formula is C3H5BrN4. The summed E-state index contributed by atoms with van der Waals surface area (Å²) in [5.41, 5.74) is 7.81. The molecule has 44 valence electrons. The van der Waals surface area contributed by atoms with Crippen LogP contribution < -0.4 is 11.3 Å². The van der Waals surface area contributed by atoms with E-state index in [1.807, 2.05) is 0 Å². The Balaban J connectivity index is 2.58. The predicted molar refractivity (Wildman–Crippen MR) is 34.7 cm³/mol. The van der Waals surface area contributed by atoms with Crippen molar-refractivity contribution in [1.82, 2.24) is 9.57 Å². The fourth-order valence-electron chi connectivity index (χ4n) is 0.318. The fourth-order valence-corrected chi connectivity index (χ4v) is 0.515. The van der Waals surface area contributed by atoms with Gasteiger partial charge < -0.3 is 5.73 Å². The van der Waals surface area contributed by atoms with E-state index in [9.17, 15) is 0 Å². The van der Waals surface area contributed by atoms with Crippen molar-refractivity contribution in [1.29, 1.82) is 0 Å². The lowest BCUT2D eigenvalue weighted by molar-refractivity contribution is 0.480. The second kappa shape index (κ2) is 2.04. The van der Waals surface area contributed by atoms with Crippen LogP contribution in [0.2, 0.25) is 0 Å². The topological polar surface area (TPSA) is 53.6 Å². The van der Waals surface area contributed by atoms with Gasteiger partial charge in [0.15, 0.2) is 0 Å². The van der Waals surface area contributed by atoms with Gasteiger partial charge in [-0.15, -0.1) is 5.10 Å². The number of amidine groups is 1. The zero-order valence-electron chi connectivity index (χ0n) is 4.00. The van der Waals surface area contributed by atoms with Crippen LogP contribution in [0.4, 0.5) is 0 Å². The summed E-state index contributed by atoms with van der Waals surface area (Å²) in [5.74, 6) is 0.473. The first-order valence-corrected chi connectivity index (χ1v) is 2.72. The maximum atomic E-state index is 5.25. The third-order valence-corrected chi connectivity index (χ3v) is 1.05. The summed E-state index contributed by atoms with van der Waals surface area (Å²) < 4.78 is 1.52. The van der Waals surface area contributed by atoms with Gasteiger partial charge in [0, 0.05) is 12.3 Å². The van der Waals surface area contributed by atoms with Gasteiger partial charge in [-0.1, -0.05) is 0 Å². The SMILES string of the molecule is NC1=NNN(Br)C=C1. The van der Waals surface area contributed by atoms with Crippen molar-refractivity contribution in [2.45, 2.75) is 0 Å². The molecule has 0 unspecified atom stereocenters. The number of nitrogens with zero attached hydrogens (tertiary/aromatic N) is 2. The molecule has 1 heterocycles. The molecule has 8 heavy (non-hydrogen) atoms. The summed E-state index contributed by atoms with van der Waals surface area (Å²) in [5, 5.41) is 3.65. The van der Waals surface area contributed by atoms with Gasteiger partial charge in [-0.2, -0.15) is 0 Å². The van der Waals surface area contributed by atoms with E-state index >= 15 is 0 Å². The van der Waals surface area contributed by atoms with Gasteiger partial charge in [-0.05, 0) is 0 Å². The van der Waals surface area contributed by atoms with E-state index in [2.05, 4.69) is 26.8 Å². The Morgan fingerprint density at radius 1 is 1.88 bits per heavy atom. The highest BCUT2D eigenvalue weighted by molar-refractivity contribution is 9.07. The Morgan fingerprint density at radius 3 is 3.00 bits per heavy atom. The van der Waals surface area contributed by atoms with Crippen LogP contribution in [0.3, 0.4) is 0 Å². The first-order valence-electron chi connectivity index (χ1n) is 2.01. The molecular weight excluding hydrogens is 172 g/mol. The molecule has 0 bridgehead atoms. The molecule has 1 aliphatic heterocycles. The molecule has 0 amide bonds. The van der Waals surface area contributed by atoms with Crippen LogP contribution in [0, 0.1) is 0 Å². The summed E-state index contributed by atoms with van der Waals surface area (Å²) in [6.45, 7) is 0. The fraction of sp³-hybridized carbons (Fsp3) is 0. The van der Waals surface area contributed by atoms with Crippen molar-refractivity contribution < 1.29 is 0 Å². The molecule has 3 N–H and O–H groups in total. The van der Waals surface area contributed by atoms with Gasteiger partial charge in [-0.25, -0.2) is 9.57 Å². The average molecular weight is 177 g/mol. The summed E-state index contributed by atoms with van der Waals surface area (Å²) >= 11 is 3.09. The average Bonchev–Trinajstić information content (AvgIpc) is 1.77. The highest BCUT2D eigenvalue weighted by Gasteiger charge is 1.94. The van der Waals surface area contributed by atoms with Crippen LogP contribution in [0.5, 0.6) is 0 Å². The molecule has 0 aromatic carbocycles. The minimum absolute atomic E-state index is 0.473. The Labute approximate surface area is 55.3 Å². The smallest absolute Gasteiger partial charge is 0.146 e. The minimum Gasteiger partial charge on any atom is -0.382 e. The summed E-state index contributed by atoms with van der Waals surface area (Å²) in [6, 6.07) is 0. The summed E-state index contributed by atoms with van der Waals surface area (Å²) in [6.07, 6.45) is 3.38. The van der Waals surface area contributed by atoms with E-state index in [4.69, 9.17) is 5.73 Å². The van der Waals surface area contributed by atoms with Crippen LogP contribution in [0.15, 0.2) is 17.4 Å². The molecule has 5 heteroatoms. The molecule has 4 nitrogen and oxygen atoms in total. The lowest BCUT2D eigenvalue weighted by Crippen LogP contribution is -2.27. The van der Waals surface area contributed by atoms with Crippen molar-refractivity contribution >= 4 is 22.0 Å². The van der Waals surface area contributed by atoms with E-state index in [0.29, 0.717) is 5.84 Å². The van der Waals surface area contributed by atoms with E-state index in [-0.39, 0.29) is 0 Å². The number of rotatable bonds is 0. The quantitative estimate of drug-likeness (QED) is 0.508. The van der Waals surface area contributed by atoms with E-state index in [1.165, 1.54) is 4.03 Å². The predicted octanol–water partition coefficient (Wildman–Crippen LogP) is -0.0976. The molecule has 1 rings (SSSR count). The number of hydrogen-bond acceptors (Lipinski definition) is 4. The van der Waals surface area contributed by atoms with E-state index < -0.39 is 0 Å². The maximum Gasteiger partial charge on any atom is 0.146 e. The molecule has 0 radical (unpaired) electrons. The van der Waals surface area contributed by atoms with Gasteiger partial charge in [0.1, 0.15) is 5.84 Å². The van der Waals surface area contributed by atoms with E-state index in [1.54, 1.807) is 12.3 Å². The third-order valence-electron chi connectivity index (χ3n) is 0.651. The number of nitrogens with one attached hydrogen (secondary N) is 1. The molecule has 0 saturated carbocycles. The van der Waals surface area contributed by atoms with Crippen LogP contribution in [0.25, 0.3) is 0 Å². The summed E-state index contributed by atoms with van der Waals surface area (Å²) in [7, 11) is 0. The molecule has 0 aromatic rings. The number of hydrogen-bond donors (Lipinski definition) is 2. The lowest BCUT2D eigenvalue weighted by atomic mass is 10.6. The van der Waals surface area contributed by atoms with Crippen LogP contribution in [-0.4, -0.2) is 9.87 Å². The molecule has 0 saturated heterocycles. The molecule has 0 atom stereocenters. The Hall–Kier alpha value is -0.710. The highest BCUT2D eigenvalue weighted by Crippen LogP contribution is 1.96. The van der Waals surface area contributed by atoms with Gasteiger partial charge in [0.2, 0.25) is 0 Å². The van der Waals surface area contributed by atoms with Crippen molar-refractivity contribution in [3.8, 4) is 0 Å². The van der Waals surface area contributed by atoms with Gasteiger partial charge in [0.05, 0.1) is 16.1 Å². The van der Waals surface area contributed by atoms with Crippen molar-refractivity contribution in [2.24, 2.45) is 10.8 Å². The second-order valence-corrected chi connectivity index (χ2v) is 2.03. The zero-order chi connectivity index (χ0) is 5.98. The van der Waals surface area contributed by atoms with Crippen LogP contribution >= 0.6 is 16.1 Å². The number of halogens is 1. The maximum absolute atomic E-state index is 5.25. The highest BCUT2D eigenvalue weighted by atomic mass is 79.9. The molecule has 0 fully saturated rings. The number of hydrazine groups is 1. The lowest BCUT2D eigenvalue weighted by Gasteiger charge is -2.12. The first-order chi connectivity index (χ1) is 3.79. The zero-order valence-corrected chi connectivity index (χ0v) is 5.59. The first kappa shape index (κ1) is 5.43. The molecule has 0 aromatic heterocycles. The van der Waals surface area contributed by atoms with Crippen molar-refractivity contribution in [3.63, 3.8) is 0 Å². The van der Waals surface area contributed by atoms with Gasteiger partial charge >= 0.3 is 0 Å². The molecule has 0 spiro atoms. The van der Waals surface area contributed by atoms with Gasteiger partial charge in [-0.3, -0.25) is 0 Å². The summed E-state index contributed by atoms with van der Waals surface area (Å²) in [4.78, 5) is 0. The van der Waals surface area contributed by atoms with Crippen molar-refractivity contribution in [2.75, 3.05) is 0 Å². The minimum atomic E-state index is 0.473. The Kier molecular flexibility index (Phi) is 1.38. The number of hydrazone groups is 1. The molecule has 0 aliphatic carbocycles. The van der Waals surface area contributed by atoms with E-state index in [0.717, 1.165) is 0 Å². The second-order valence-electron chi connectivity index (χ2n) is 1.26. The Morgan fingerprint density at radius 2 is 2.62 bits per heavy atom. The monoisotopic (exact) mass is 176 g/mol. The van der Waals surface area contributed by atoms with Gasteiger partial charge in [0.25, 0.3) is 0 Å². The van der Waals surface area contributed by atoms with Crippen LogP contribution in [-0.2, 0) is 0 Å². The van der Waals surface area contributed by atoms with Crippen molar-refractivity contribution in [3.05, 3.63) is 12.3 Å².